The van der Waals surface area contributed by atoms with Gasteiger partial charge in [-0.2, -0.15) is 0 Å². The molecule has 4 nitrogen and oxygen atoms in total. The zero-order chi connectivity index (χ0) is 17.0. The summed E-state index contributed by atoms with van der Waals surface area (Å²) in [5.41, 5.74) is 1.38. The van der Waals surface area contributed by atoms with Crippen LogP contribution in [0.5, 0.6) is 5.75 Å². The van der Waals surface area contributed by atoms with Crippen molar-refractivity contribution in [3.63, 3.8) is 0 Å². The first-order chi connectivity index (χ1) is 11.6. The van der Waals surface area contributed by atoms with E-state index in [-0.39, 0.29) is 6.04 Å². The SMILES string of the molecule is CCOc1ccc(CCC2CCN(C3CCS(=O)(=O)C3)CC2)cc1. The molecule has 134 valence electrons. The van der Waals surface area contributed by atoms with Crippen LogP contribution in [0.1, 0.15) is 38.2 Å². The number of piperidine rings is 1. The largest absolute Gasteiger partial charge is 0.494 e. The molecule has 2 fully saturated rings. The Morgan fingerprint density at radius 1 is 1.12 bits per heavy atom. The quantitative estimate of drug-likeness (QED) is 0.791. The fraction of sp³-hybridized carbons (Fsp3) is 0.684. The minimum atomic E-state index is -2.76. The molecule has 2 heterocycles. The average molecular weight is 352 g/mol. The van der Waals surface area contributed by atoms with Crippen LogP contribution in [0.2, 0.25) is 0 Å². The van der Waals surface area contributed by atoms with Gasteiger partial charge in [0.2, 0.25) is 0 Å². The van der Waals surface area contributed by atoms with Crippen molar-refractivity contribution >= 4 is 9.84 Å². The molecule has 1 unspecified atom stereocenters. The van der Waals surface area contributed by atoms with Gasteiger partial charge in [-0.3, -0.25) is 4.90 Å². The van der Waals surface area contributed by atoms with E-state index in [1.807, 2.05) is 6.92 Å². The zero-order valence-electron chi connectivity index (χ0n) is 14.6. The molecule has 0 aromatic heterocycles. The third kappa shape index (κ3) is 4.73. The molecule has 1 aromatic rings. The maximum Gasteiger partial charge on any atom is 0.151 e. The van der Waals surface area contributed by atoms with Gasteiger partial charge in [0.1, 0.15) is 5.75 Å². The first-order valence-electron chi connectivity index (χ1n) is 9.22. The van der Waals surface area contributed by atoms with Gasteiger partial charge in [-0.1, -0.05) is 12.1 Å². The Kier molecular flexibility index (Phi) is 5.82. The summed E-state index contributed by atoms with van der Waals surface area (Å²) in [7, 11) is -2.76. The molecule has 0 aliphatic carbocycles. The smallest absolute Gasteiger partial charge is 0.151 e. The minimum Gasteiger partial charge on any atom is -0.494 e. The Hall–Kier alpha value is -1.07. The fourth-order valence-corrected chi connectivity index (χ4v) is 5.72. The molecule has 2 saturated heterocycles. The molecule has 2 aliphatic heterocycles. The van der Waals surface area contributed by atoms with Gasteiger partial charge in [-0.25, -0.2) is 8.42 Å². The first-order valence-corrected chi connectivity index (χ1v) is 11.0. The molecule has 1 aromatic carbocycles. The molecule has 0 bridgehead atoms. The summed E-state index contributed by atoms with van der Waals surface area (Å²) in [6.07, 6.45) is 5.58. The molecule has 24 heavy (non-hydrogen) atoms. The van der Waals surface area contributed by atoms with Gasteiger partial charge in [0.15, 0.2) is 9.84 Å². The third-order valence-corrected chi connectivity index (χ3v) is 7.20. The van der Waals surface area contributed by atoms with Crippen molar-refractivity contribution in [3.8, 4) is 5.75 Å². The molecule has 0 spiro atoms. The van der Waals surface area contributed by atoms with Crippen LogP contribution in [0.4, 0.5) is 0 Å². The number of rotatable bonds is 6. The Labute approximate surface area is 146 Å². The second kappa shape index (κ2) is 7.87. The van der Waals surface area contributed by atoms with Crippen LogP contribution < -0.4 is 4.74 Å². The van der Waals surface area contributed by atoms with Gasteiger partial charge in [-0.15, -0.1) is 0 Å². The van der Waals surface area contributed by atoms with Crippen LogP contribution in [-0.4, -0.2) is 50.6 Å². The molecule has 3 rings (SSSR count). The van der Waals surface area contributed by atoms with Crippen molar-refractivity contribution in [2.75, 3.05) is 31.2 Å². The van der Waals surface area contributed by atoms with Crippen LogP contribution in [0.3, 0.4) is 0 Å². The second-order valence-corrected chi connectivity index (χ2v) is 9.38. The van der Waals surface area contributed by atoms with E-state index in [1.165, 1.54) is 24.8 Å². The van der Waals surface area contributed by atoms with Gasteiger partial charge >= 0.3 is 0 Å². The summed E-state index contributed by atoms with van der Waals surface area (Å²) in [5, 5.41) is 0. The van der Waals surface area contributed by atoms with E-state index >= 15 is 0 Å². The molecule has 2 aliphatic rings. The molecule has 5 heteroatoms. The van der Waals surface area contributed by atoms with E-state index in [0.29, 0.717) is 18.1 Å². The summed E-state index contributed by atoms with van der Waals surface area (Å²) >= 11 is 0. The maximum atomic E-state index is 11.6. The highest BCUT2D eigenvalue weighted by molar-refractivity contribution is 7.91. The summed E-state index contributed by atoms with van der Waals surface area (Å²) in [6.45, 7) is 4.84. The van der Waals surface area contributed by atoms with Crippen molar-refractivity contribution in [2.24, 2.45) is 5.92 Å². The van der Waals surface area contributed by atoms with Gasteiger partial charge in [0.05, 0.1) is 18.1 Å². The highest BCUT2D eigenvalue weighted by Gasteiger charge is 2.33. The van der Waals surface area contributed by atoms with Crippen molar-refractivity contribution in [2.45, 2.75) is 45.1 Å². The molecule has 0 N–H and O–H groups in total. The number of ether oxygens (including phenoxy) is 1. The molecule has 0 radical (unpaired) electrons. The Balaban J connectivity index is 1.41. The average Bonchev–Trinajstić information content (AvgIpc) is 2.95. The Morgan fingerprint density at radius 2 is 1.83 bits per heavy atom. The molecule has 0 saturated carbocycles. The van der Waals surface area contributed by atoms with Gasteiger partial charge in [0, 0.05) is 6.04 Å². The number of benzene rings is 1. The van der Waals surface area contributed by atoms with Crippen LogP contribution in [0.25, 0.3) is 0 Å². The predicted octanol–water partition coefficient (Wildman–Crippen LogP) is 2.92. The molecular weight excluding hydrogens is 322 g/mol. The van der Waals surface area contributed by atoms with Gasteiger partial charge < -0.3 is 4.74 Å². The lowest BCUT2D eigenvalue weighted by atomic mass is 9.90. The van der Waals surface area contributed by atoms with Crippen molar-refractivity contribution < 1.29 is 13.2 Å². The first kappa shape index (κ1) is 17.7. The number of nitrogens with zero attached hydrogens (tertiary/aromatic N) is 1. The highest BCUT2D eigenvalue weighted by Crippen LogP contribution is 2.27. The Morgan fingerprint density at radius 3 is 2.42 bits per heavy atom. The van der Waals surface area contributed by atoms with Gasteiger partial charge in [-0.05, 0) is 75.7 Å². The van der Waals surface area contributed by atoms with E-state index in [4.69, 9.17) is 4.74 Å². The second-order valence-electron chi connectivity index (χ2n) is 7.15. The van der Waals surface area contributed by atoms with Crippen molar-refractivity contribution in [3.05, 3.63) is 29.8 Å². The van der Waals surface area contributed by atoms with Crippen LogP contribution in [0.15, 0.2) is 24.3 Å². The van der Waals surface area contributed by atoms with E-state index < -0.39 is 9.84 Å². The molecule has 0 amide bonds. The predicted molar refractivity (Wildman–Crippen MR) is 97.3 cm³/mol. The maximum absolute atomic E-state index is 11.6. The van der Waals surface area contributed by atoms with Crippen molar-refractivity contribution in [1.82, 2.24) is 4.90 Å². The summed E-state index contributed by atoms with van der Waals surface area (Å²) < 4.78 is 28.8. The van der Waals surface area contributed by atoms with E-state index in [9.17, 15) is 8.42 Å². The highest BCUT2D eigenvalue weighted by atomic mass is 32.2. The van der Waals surface area contributed by atoms with Crippen molar-refractivity contribution in [1.29, 1.82) is 0 Å². The number of hydrogen-bond acceptors (Lipinski definition) is 4. The van der Waals surface area contributed by atoms with Gasteiger partial charge in [0.25, 0.3) is 0 Å². The number of aryl methyl sites for hydroxylation is 1. The number of likely N-dealkylation sites (tertiary alicyclic amines) is 1. The van der Waals surface area contributed by atoms with E-state index in [2.05, 4.69) is 29.2 Å². The summed E-state index contributed by atoms with van der Waals surface area (Å²) in [5.74, 6) is 2.48. The number of hydrogen-bond donors (Lipinski definition) is 0. The standard InChI is InChI=1S/C19H29NO3S/c1-2-23-19-7-5-16(6-8-19)3-4-17-9-12-20(13-10-17)18-11-14-24(21,22)15-18/h5-8,17-18H,2-4,9-15H2,1H3. The number of sulfone groups is 1. The lowest BCUT2D eigenvalue weighted by Gasteiger charge is -2.35. The third-order valence-electron chi connectivity index (χ3n) is 5.45. The van der Waals surface area contributed by atoms with Crippen LogP contribution >= 0.6 is 0 Å². The van der Waals surface area contributed by atoms with Crippen LogP contribution in [-0.2, 0) is 16.3 Å². The molecule has 1 atom stereocenters. The lowest BCUT2D eigenvalue weighted by molar-refractivity contribution is 0.140. The lowest BCUT2D eigenvalue weighted by Crippen LogP contribution is -2.42. The fourth-order valence-electron chi connectivity index (χ4n) is 3.96. The normalized spacial score (nSPS) is 25.0. The zero-order valence-corrected chi connectivity index (χ0v) is 15.4. The van der Waals surface area contributed by atoms with E-state index in [1.54, 1.807) is 0 Å². The summed E-state index contributed by atoms with van der Waals surface area (Å²) in [6, 6.07) is 8.74. The van der Waals surface area contributed by atoms with Crippen LogP contribution in [0, 0.1) is 5.92 Å². The summed E-state index contributed by atoms with van der Waals surface area (Å²) in [4.78, 5) is 2.41. The van der Waals surface area contributed by atoms with E-state index in [0.717, 1.165) is 37.6 Å². The monoisotopic (exact) mass is 351 g/mol. The minimum absolute atomic E-state index is 0.280. The Bertz CT molecular complexity index is 619. The molecular formula is C19H29NO3S. The topological polar surface area (TPSA) is 46.6 Å².